The Labute approximate surface area is 121 Å². The van der Waals surface area contributed by atoms with Crippen molar-refractivity contribution in [2.45, 2.75) is 31.5 Å². The maximum absolute atomic E-state index is 10.9. The van der Waals surface area contributed by atoms with Crippen LogP contribution in [0, 0.1) is 0 Å². The largest absolute Gasteiger partial charge is 0.495 e. The van der Waals surface area contributed by atoms with Crippen LogP contribution in [0.5, 0.6) is 11.5 Å². The molecule has 1 saturated heterocycles. The molecular weight excluding hydrogens is 312 g/mol. The zero-order valence-corrected chi connectivity index (χ0v) is 13.0. The molecule has 1 heterocycles. The van der Waals surface area contributed by atoms with Gasteiger partial charge in [0, 0.05) is 18.4 Å². The summed E-state index contributed by atoms with van der Waals surface area (Å²) in [5.74, 6) is 1.31. The number of benzene rings is 1. The minimum Gasteiger partial charge on any atom is -0.495 e. The fraction of sp³-hybridized carbons (Fsp3) is 0.571. The first-order valence-corrected chi connectivity index (χ1v) is 7.06. The molecule has 2 rings (SSSR count). The van der Waals surface area contributed by atoms with Gasteiger partial charge in [-0.25, -0.2) is 0 Å². The monoisotopic (exact) mass is 330 g/mol. The second kappa shape index (κ2) is 5.69. The Balaban J connectivity index is 2.46. The van der Waals surface area contributed by atoms with E-state index >= 15 is 0 Å². The minimum atomic E-state index is -0.919. The lowest BCUT2D eigenvalue weighted by molar-refractivity contribution is -0.102. The van der Waals surface area contributed by atoms with Crippen molar-refractivity contribution in [1.29, 1.82) is 0 Å². The van der Waals surface area contributed by atoms with Gasteiger partial charge >= 0.3 is 0 Å². The lowest BCUT2D eigenvalue weighted by Crippen LogP contribution is -2.37. The van der Waals surface area contributed by atoms with Gasteiger partial charge < -0.3 is 19.3 Å². The molecule has 1 fully saturated rings. The Morgan fingerprint density at radius 2 is 2.11 bits per heavy atom. The molecule has 0 radical (unpaired) electrons. The summed E-state index contributed by atoms with van der Waals surface area (Å²) in [6.45, 7) is 2.51. The Morgan fingerprint density at radius 3 is 2.68 bits per heavy atom. The number of ether oxygens (including phenoxy) is 3. The molecule has 0 amide bonds. The van der Waals surface area contributed by atoms with E-state index < -0.39 is 5.60 Å². The van der Waals surface area contributed by atoms with Crippen LogP contribution < -0.4 is 9.47 Å². The number of methoxy groups -OCH3 is 2. The van der Waals surface area contributed by atoms with E-state index in [4.69, 9.17) is 14.2 Å². The highest BCUT2D eigenvalue weighted by atomic mass is 79.9. The van der Waals surface area contributed by atoms with E-state index in [1.54, 1.807) is 14.2 Å². The summed E-state index contributed by atoms with van der Waals surface area (Å²) < 4.78 is 16.9. The Morgan fingerprint density at radius 1 is 1.37 bits per heavy atom. The van der Waals surface area contributed by atoms with Crippen LogP contribution in [0.3, 0.4) is 0 Å². The summed E-state index contributed by atoms with van der Waals surface area (Å²) >= 11 is 3.47. The van der Waals surface area contributed by atoms with Crippen molar-refractivity contribution in [1.82, 2.24) is 0 Å². The van der Waals surface area contributed by atoms with Crippen LogP contribution in [-0.2, 0) is 10.3 Å². The van der Waals surface area contributed by atoms with Gasteiger partial charge in [-0.15, -0.1) is 0 Å². The summed E-state index contributed by atoms with van der Waals surface area (Å²) in [6, 6.07) is 3.69. The summed E-state index contributed by atoms with van der Waals surface area (Å²) in [4.78, 5) is 0. The number of aliphatic hydroxyl groups is 1. The molecule has 0 aliphatic carbocycles. The van der Waals surface area contributed by atoms with Crippen LogP contribution in [0.2, 0.25) is 0 Å². The quantitative estimate of drug-likeness (QED) is 0.925. The van der Waals surface area contributed by atoms with Gasteiger partial charge in [0.25, 0.3) is 0 Å². The van der Waals surface area contributed by atoms with E-state index in [1.165, 1.54) is 0 Å². The maximum Gasteiger partial charge on any atom is 0.142 e. The van der Waals surface area contributed by atoms with Crippen LogP contribution >= 0.6 is 15.9 Å². The average Bonchev–Trinajstić information content (AvgIpc) is 2.38. The highest BCUT2D eigenvalue weighted by Gasteiger charge is 2.38. The van der Waals surface area contributed by atoms with Crippen molar-refractivity contribution in [3.05, 3.63) is 22.2 Å². The number of halogens is 1. The fourth-order valence-electron chi connectivity index (χ4n) is 2.57. The lowest BCUT2D eigenvalue weighted by atomic mass is 9.83. The van der Waals surface area contributed by atoms with Crippen LogP contribution in [-0.4, -0.2) is 32.0 Å². The van der Waals surface area contributed by atoms with Crippen LogP contribution in [0.25, 0.3) is 0 Å². The Hall–Kier alpha value is -0.780. The van der Waals surface area contributed by atoms with Gasteiger partial charge in [-0.1, -0.05) is 0 Å². The molecular formula is C14H19BrO4. The predicted octanol–water partition coefficient (Wildman–Crippen LogP) is 2.85. The van der Waals surface area contributed by atoms with Crippen LogP contribution in [0.1, 0.15) is 25.3 Å². The maximum atomic E-state index is 10.9. The molecule has 1 aromatic carbocycles. The SMILES string of the molecule is COc1ccc(C2(O)CCOC(C)C2)c(OC)c1Br. The van der Waals surface area contributed by atoms with Gasteiger partial charge in [0.2, 0.25) is 0 Å². The standard InChI is InChI=1S/C14H19BrO4/c1-9-8-14(16,6-7-19-9)10-4-5-11(17-2)12(15)13(10)18-3/h4-5,9,16H,6-8H2,1-3H3. The Bertz CT molecular complexity index is 463. The van der Waals surface area contributed by atoms with Crippen LogP contribution in [0.15, 0.2) is 16.6 Å². The summed E-state index contributed by atoms with van der Waals surface area (Å²) in [6.07, 6.45) is 1.15. The van der Waals surface area contributed by atoms with Crippen molar-refractivity contribution in [2.75, 3.05) is 20.8 Å². The van der Waals surface area contributed by atoms with Gasteiger partial charge in [0.05, 0.1) is 32.5 Å². The fourth-order valence-corrected chi connectivity index (χ4v) is 3.24. The minimum absolute atomic E-state index is 0.0318. The molecule has 5 heteroatoms. The molecule has 1 aliphatic rings. The predicted molar refractivity (Wildman–Crippen MR) is 75.8 cm³/mol. The third-order valence-corrected chi connectivity index (χ3v) is 4.28. The average molecular weight is 331 g/mol. The zero-order valence-electron chi connectivity index (χ0n) is 11.4. The van der Waals surface area contributed by atoms with Gasteiger partial charge in [-0.3, -0.25) is 0 Å². The number of rotatable bonds is 3. The Kier molecular flexibility index (Phi) is 4.38. The molecule has 4 nitrogen and oxygen atoms in total. The normalized spacial score (nSPS) is 27.1. The first kappa shape index (κ1) is 14.6. The topological polar surface area (TPSA) is 47.9 Å². The van der Waals surface area contributed by atoms with Gasteiger partial charge in [0.1, 0.15) is 16.0 Å². The van der Waals surface area contributed by atoms with Crippen molar-refractivity contribution < 1.29 is 19.3 Å². The summed E-state index contributed by atoms with van der Waals surface area (Å²) in [7, 11) is 3.19. The third kappa shape index (κ3) is 2.73. The zero-order chi connectivity index (χ0) is 14.0. The summed E-state index contributed by atoms with van der Waals surface area (Å²) in [5.41, 5.74) is -0.143. The van der Waals surface area contributed by atoms with E-state index in [1.807, 2.05) is 19.1 Å². The molecule has 1 aromatic rings. The molecule has 0 saturated carbocycles. The first-order valence-electron chi connectivity index (χ1n) is 6.27. The van der Waals surface area contributed by atoms with Crippen molar-refractivity contribution in [2.24, 2.45) is 0 Å². The molecule has 2 atom stereocenters. The highest BCUT2D eigenvalue weighted by molar-refractivity contribution is 9.10. The van der Waals surface area contributed by atoms with E-state index in [-0.39, 0.29) is 6.10 Å². The highest BCUT2D eigenvalue weighted by Crippen LogP contribution is 2.45. The smallest absolute Gasteiger partial charge is 0.142 e. The molecule has 1 N–H and O–H groups in total. The van der Waals surface area contributed by atoms with E-state index in [9.17, 15) is 5.11 Å². The number of hydrogen-bond acceptors (Lipinski definition) is 4. The van der Waals surface area contributed by atoms with Crippen molar-refractivity contribution in [3.63, 3.8) is 0 Å². The number of hydrogen-bond donors (Lipinski definition) is 1. The van der Waals surface area contributed by atoms with Gasteiger partial charge in [-0.2, -0.15) is 0 Å². The van der Waals surface area contributed by atoms with Crippen LogP contribution in [0.4, 0.5) is 0 Å². The van der Waals surface area contributed by atoms with E-state index in [0.717, 1.165) is 10.0 Å². The molecule has 2 unspecified atom stereocenters. The third-order valence-electron chi connectivity index (χ3n) is 3.53. The second-order valence-electron chi connectivity index (χ2n) is 4.83. The van der Waals surface area contributed by atoms with Crippen molar-refractivity contribution >= 4 is 15.9 Å². The lowest BCUT2D eigenvalue weighted by Gasteiger charge is -2.37. The van der Waals surface area contributed by atoms with Crippen molar-refractivity contribution in [3.8, 4) is 11.5 Å². The first-order chi connectivity index (χ1) is 9.01. The molecule has 0 bridgehead atoms. The molecule has 19 heavy (non-hydrogen) atoms. The van der Waals surface area contributed by atoms with E-state index in [2.05, 4.69) is 15.9 Å². The second-order valence-corrected chi connectivity index (χ2v) is 5.62. The molecule has 0 spiro atoms. The molecule has 0 aromatic heterocycles. The summed E-state index contributed by atoms with van der Waals surface area (Å²) in [5, 5.41) is 10.9. The molecule has 106 valence electrons. The van der Waals surface area contributed by atoms with Gasteiger partial charge in [0.15, 0.2) is 0 Å². The molecule has 1 aliphatic heterocycles. The van der Waals surface area contributed by atoms with Gasteiger partial charge in [-0.05, 0) is 35.0 Å². The van der Waals surface area contributed by atoms with E-state index in [0.29, 0.717) is 30.9 Å².